The van der Waals surface area contributed by atoms with Gasteiger partial charge in [-0.05, 0) is 57.7 Å². The molecule has 2 heteroatoms. The monoisotopic (exact) mass is 418 g/mol. The predicted molar refractivity (Wildman–Crippen MR) is 128 cm³/mol. The maximum Gasteiger partial charge on any atom is 0.0201 e. The quantitative estimate of drug-likeness (QED) is 0.264. The number of hydrogen-bond donors (Lipinski definition) is 0. The van der Waals surface area contributed by atoms with E-state index in [0.29, 0.717) is 0 Å². The van der Waals surface area contributed by atoms with Crippen molar-refractivity contribution in [3.8, 4) is 0 Å². The van der Waals surface area contributed by atoms with Crippen molar-refractivity contribution in [3.63, 3.8) is 0 Å². The summed E-state index contributed by atoms with van der Waals surface area (Å²) in [6, 6.07) is 34.9. The van der Waals surface area contributed by atoms with E-state index >= 15 is 0 Å². The average molecular weight is 419 g/mol. The van der Waals surface area contributed by atoms with Crippen LogP contribution in [0.4, 0.5) is 0 Å². The van der Waals surface area contributed by atoms with Gasteiger partial charge < -0.3 is 0 Å². The molecule has 0 nitrogen and oxygen atoms in total. The first kappa shape index (κ1) is 17.9. The molecule has 6 rings (SSSR count). The maximum atomic E-state index is 2.32. The van der Waals surface area contributed by atoms with Crippen LogP contribution in [0.25, 0.3) is 11.1 Å². The molecule has 0 atom stereocenters. The highest BCUT2D eigenvalue weighted by Crippen LogP contribution is 2.47. The lowest BCUT2D eigenvalue weighted by molar-refractivity contribution is 1.28. The van der Waals surface area contributed by atoms with Crippen molar-refractivity contribution in [1.82, 2.24) is 0 Å². The van der Waals surface area contributed by atoms with E-state index in [2.05, 4.69) is 109 Å². The molecule has 0 unspecified atom stereocenters. The van der Waals surface area contributed by atoms with E-state index in [9.17, 15) is 0 Å². The zero-order valence-electron chi connectivity index (χ0n) is 16.2. The zero-order chi connectivity index (χ0) is 19.9. The first-order valence-corrected chi connectivity index (χ1v) is 11.7. The number of fused-ring (bicyclic) bond motifs is 4. The van der Waals surface area contributed by atoms with Gasteiger partial charge in [0.2, 0.25) is 0 Å². The lowest BCUT2D eigenvalue weighted by Gasteiger charge is -2.23. The molecule has 0 fully saturated rings. The van der Waals surface area contributed by atoms with Gasteiger partial charge in [0, 0.05) is 19.6 Å². The summed E-state index contributed by atoms with van der Waals surface area (Å²) in [6.07, 6.45) is 4.63. The first-order valence-electron chi connectivity index (χ1n) is 10.0. The molecular formula is C28H18S2. The maximum absolute atomic E-state index is 2.32. The highest BCUT2D eigenvalue weighted by molar-refractivity contribution is 7.99. The van der Waals surface area contributed by atoms with E-state index in [0.717, 1.165) is 0 Å². The third kappa shape index (κ3) is 2.96. The van der Waals surface area contributed by atoms with Gasteiger partial charge in [0.1, 0.15) is 0 Å². The Bertz CT molecular complexity index is 1140. The molecule has 0 amide bonds. The Morgan fingerprint density at radius 1 is 0.367 bits per heavy atom. The minimum atomic E-state index is 1.29. The van der Waals surface area contributed by atoms with Crippen molar-refractivity contribution in [2.24, 2.45) is 0 Å². The van der Waals surface area contributed by atoms with Crippen LogP contribution in [0.5, 0.6) is 0 Å². The van der Waals surface area contributed by atoms with Crippen LogP contribution in [0.3, 0.4) is 0 Å². The third-order valence-corrected chi connectivity index (χ3v) is 7.87. The van der Waals surface area contributed by atoms with Crippen LogP contribution in [-0.4, -0.2) is 0 Å². The van der Waals surface area contributed by atoms with E-state index in [1.807, 2.05) is 23.5 Å². The van der Waals surface area contributed by atoms with E-state index < -0.39 is 0 Å². The molecule has 0 radical (unpaired) electrons. The van der Waals surface area contributed by atoms with Gasteiger partial charge in [0.05, 0.1) is 0 Å². The molecule has 2 aliphatic rings. The van der Waals surface area contributed by atoms with Gasteiger partial charge >= 0.3 is 0 Å². The Hall–Kier alpha value is -2.94. The highest BCUT2D eigenvalue weighted by Gasteiger charge is 2.22. The van der Waals surface area contributed by atoms with E-state index in [4.69, 9.17) is 0 Å². The summed E-state index contributed by atoms with van der Waals surface area (Å²) >= 11 is 3.72. The van der Waals surface area contributed by atoms with Gasteiger partial charge in [-0.25, -0.2) is 0 Å². The average Bonchev–Trinajstić information content (AvgIpc) is 2.81. The minimum absolute atomic E-state index is 1.29. The topological polar surface area (TPSA) is 0 Å². The Labute approximate surface area is 185 Å². The molecule has 2 aliphatic heterocycles. The molecule has 30 heavy (non-hydrogen) atoms. The molecule has 142 valence electrons. The number of hydrogen-bond acceptors (Lipinski definition) is 2. The van der Waals surface area contributed by atoms with Crippen molar-refractivity contribution in [2.75, 3.05) is 0 Å². The molecule has 0 aliphatic carbocycles. The van der Waals surface area contributed by atoms with Gasteiger partial charge in [-0.15, -0.1) is 0 Å². The van der Waals surface area contributed by atoms with Crippen LogP contribution in [-0.2, 0) is 0 Å². The second kappa shape index (κ2) is 7.39. The number of benzene rings is 4. The zero-order valence-corrected chi connectivity index (χ0v) is 17.8. The highest BCUT2D eigenvalue weighted by atomic mass is 32.2. The van der Waals surface area contributed by atoms with Crippen LogP contribution >= 0.6 is 23.5 Å². The fraction of sp³-hybridized carbons (Fsp3) is 0. The fourth-order valence-electron chi connectivity index (χ4n) is 4.17. The van der Waals surface area contributed by atoms with Gasteiger partial charge in [0.25, 0.3) is 0 Å². The summed E-state index contributed by atoms with van der Waals surface area (Å²) in [5.41, 5.74) is 7.82. The molecular weight excluding hydrogens is 400 g/mol. The molecule has 4 aromatic carbocycles. The minimum Gasteiger partial charge on any atom is -0.0888 e. The standard InChI is InChI=1S/C28H18S2/c1-5-13-25-21(9-1)19(22-10-2-6-14-26(22)29-25)17-18-20-23-11-3-7-15-27(23)30-28-16-8-4-12-24(20)28/h1-18H. The van der Waals surface area contributed by atoms with Crippen LogP contribution in [0, 0.1) is 0 Å². The summed E-state index contributed by atoms with van der Waals surface area (Å²) in [6.45, 7) is 0. The second-order valence-corrected chi connectivity index (χ2v) is 9.52. The first-order chi connectivity index (χ1) is 14.9. The van der Waals surface area contributed by atoms with Gasteiger partial charge in [-0.3, -0.25) is 0 Å². The third-order valence-electron chi connectivity index (χ3n) is 5.57. The Morgan fingerprint density at radius 3 is 0.933 bits per heavy atom. The lowest BCUT2D eigenvalue weighted by Crippen LogP contribution is -2.00. The van der Waals surface area contributed by atoms with Crippen molar-refractivity contribution in [2.45, 2.75) is 19.6 Å². The molecule has 0 saturated heterocycles. The van der Waals surface area contributed by atoms with Crippen LogP contribution in [0.2, 0.25) is 0 Å². The second-order valence-electron chi connectivity index (χ2n) is 7.35. The summed E-state index contributed by atoms with van der Waals surface area (Å²) in [4.78, 5) is 5.28. The molecule has 0 N–H and O–H groups in total. The van der Waals surface area contributed by atoms with Crippen LogP contribution in [0.15, 0.2) is 129 Å². The van der Waals surface area contributed by atoms with Crippen molar-refractivity contribution in [1.29, 1.82) is 0 Å². The predicted octanol–water partition coefficient (Wildman–Crippen LogP) is 8.18. The van der Waals surface area contributed by atoms with Crippen molar-refractivity contribution >= 4 is 34.7 Å². The molecule has 0 aromatic heterocycles. The van der Waals surface area contributed by atoms with Crippen molar-refractivity contribution in [3.05, 3.63) is 131 Å². The van der Waals surface area contributed by atoms with Gasteiger partial charge in [0.15, 0.2) is 0 Å². The summed E-state index contributed by atoms with van der Waals surface area (Å²) in [7, 11) is 0. The molecule has 0 spiro atoms. The van der Waals surface area contributed by atoms with E-state index in [1.54, 1.807) is 0 Å². The van der Waals surface area contributed by atoms with Gasteiger partial charge in [-0.1, -0.05) is 108 Å². The smallest absolute Gasteiger partial charge is 0.0201 e. The SMILES string of the molecule is C(C=C1c2ccccc2Sc2ccccc21)=C1c2ccccc2Sc2ccccc21. The molecule has 0 bridgehead atoms. The van der Waals surface area contributed by atoms with Crippen LogP contribution < -0.4 is 0 Å². The van der Waals surface area contributed by atoms with E-state index in [-0.39, 0.29) is 0 Å². The molecule has 0 saturated carbocycles. The Morgan fingerprint density at radius 2 is 0.633 bits per heavy atom. The lowest BCUT2D eigenvalue weighted by atomic mass is 9.93. The van der Waals surface area contributed by atoms with Gasteiger partial charge in [-0.2, -0.15) is 0 Å². The largest absolute Gasteiger partial charge is 0.0888 e. The number of rotatable bonds is 1. The van der Waals surface area contributed by atoms with Crippen LogP contribution in [0.1, 0.15) is 22.3 Å². The van der Waals surface area contributed by atoms with Crippen molar-refractivity contribution < 1.29 is 0 Å². The molecule has 2 heterocycles. The summed E-state index contributed by atoms with van der Waals surface area (Å²) in [5, 5.41) is 0. The normalized spacial score (nSPS) is 13.6. The number of allylic oxidation sites excluding steroid dienone is 2. The summed E-state index contributed by atoms with van der Waals surface area (Å²) < 4.78 is 0. The Balaban J connectivity index is 1.58. The van der Waals surface area contributed by atoms with E-state index in [1.165, 1.54) is 53.0 Å². The fourth-order valence-corrected chi connectivity index (χ4v) is 6.38. The summed E-state index contributed by atoms with van der Waals surface area (Å²) in [5.74, 6) is 0. The Kier molecular flexibility index (Phi) is 4.40. The molecule has 4 aromatic rings.